The smallest absolute Gasteiger partial charge is 0.266 e. The highest BCUT2D eigenvalue weighted by Gasteiger charge is 2.23. The van der Waals surface area contributed by atoms with Gasteiger partial charge in [0.1, 0.15) is 10.7 Å². The van der Waals surface area contributed by atoms with Gasteiger partial charge in [0.25, 0.3) is 10.0 Å². The van der Waals surface area contributed by atoms with E-state index in [4.69, 9.17) is 23.1 Å². The maximum absolute atomic E-state index is 14.7. The summed E-state index contributed by atoms with van der Waals surface area (Å²) in [4.78, 5) is 3.30. The molecule has 2 atom stereocenters. The Morgan fingerprint density at radius 2 is 1.97 bits per heavy atom. The number of nitrogens with two attached hydrogens (primary N) is 2. The lowest BCUT2D eigenvalue weighted by Crippen LogP contribution is -2.34. The fourth-order valence-corrected chi connectivity index (χ4v) is 5.41. The molecule has 0 saturated heterocycles. The molecule has 172 valence electrons. The van der Waals surface area contributed by atoms with Crippen LogP contribution in [0.2, 0.25) is 5.02 Å². The van der Waals surface area contributed by atoms with Gasteiger partial charge in [-0.15, -0.1) is 11.3 Å². The Bertz CT molecular complexity index is 1160. The van der Waals surface area contributed by atoms with E-state index in [1.807, 2.05) is 31.2 Å². The molecule has 0 spiro atoms. The molecule has 0 fully saturated rings. The zero-order valence-corrected chi connectivity index (χ0v) is 19.8. The maximum Gasteiger partial charge on any atom is 0.266 e. The first-order valence-electron chi connectivity index (χ1n) is 9.89. The molecule has 0 aliphatic carbocycles. The van der Waals surface area contributed by atoms with Gasteiger partial charge in [-0.2, -0.15) is 0 Å². The van der Waals surface area contributed by atoms with E-state index in [9.17, 15) is 12.8 Å². The van der Waals surface area contributed by atoms with Gasteiger partial charge in [-0.25, -0.2) is 17.8 Å². The minimum atomic E-state index is -4.17. The Balaban J connectivity index is 1.76. The molecule has 11 heteroatoms. The largest absolute Gasteiger partial charge is 0.383 e. The fourth-order valence-electron chi connectivity index (χ4n) is 3.24. The molecule has 0 aliphatic rings. The molecule has 2 aromatic carbocycles. The summed E-state index contributed by atoms with van der Waals surface area (Å²) in [5, 5.41) is 4.93. The molecular formula is C21H25ClFN5O2S2. The van der Waals surface area contributed by atoms with Crippen LogP contribution in [0.5, 0.6) is 0 Å². The van der Waals surface area contributed by atoms with Gasteiger partial charge >= 0.3 is 0 Å². The monoisotopic (exact) mass is 497 g/mol. The molecule has 0 saturated carbocycles. The maximum atomic E-state index is 14.7. The standard InChI is InChI=1S/C21H25ClFN5O2S2/c1-13(25)16(8-14-4-2-3-5-15(14)11-24)12-27-19-10-18(23)20(9-17(19)22)32(29,30)28-21-26-6-7-31-21/h2-7,9-10,13,16,27H,8,11-12,24-25H2,1H3,(H,26,28)/t13-,16+/m1/s1. The van der Waals surface area contributed by atoms with Gasteiger partial charge in [0.05, 0.1) is 10.7 Å². The molecular weight excluding hydrogens is 473 g/mol. The van der Waals surface area contributed by atoms with Crippen molar-refractivity contribution in [3.63, 3.8) is 0 Å². The number of benzene rings is 2. The molecule has 0 aliphatic heterocycles. The van der Waals surface area contributed by atoms with Crippen LogP contribution in [0.3, 0.4) is 0 Å². The van der Waals surface area contributed by atoms with Gasteiger partial charge in [-0.1, -0.05) is 35.9 Å². The first-order chi connectivity index (χ1) is 15.2. The van der Waals surface area contributed by atoms with E-state index >= 15 is 0 Å². The third-order valence-corrected chi connectivity index (χ3v) is 7.57. The predicted octanol–water partition coefficient (Wildman–Crippen LogP) is 3.81. The summed E-state index contributed by atoms with van der Waals surface area (Å²) in [7, 11) is -4.17. The molecule has 6 N–H and O–H groups in total. The van der Waals surface area contributed by atoms with E-state index < -0.39 is 20.7 Å². The van der Waals surface area contributed by atoms with Crippen molar-refractivity contribution in [2.75, 3.05) is 16.6 Å². The van der Waals surface area contributed by atoms with Crippen molar-refractivity contribution in [1.29, 1.82) is 0 Å². The second-order valence-corrected chi connectivity index (χ2v) is 10.3. The number of hydrogen-bond acceptors (Lipinski definition) is 7. The minimum Gasteiger partial charge on any atom is -0.383 e. The van der Waals surface area contributed by atoms with Crippen molar-refractivity contribution in [1.82, 2.24) is 4.98 Å². The van der Waals surface area contributed by atoms with Crippen molar-refractivity contribution in [3.8, 4) is 0 Å². The Kier molecular flexibility index (Phi) is 8.07. The first-order valence-corrected chi connectivity index (χ1v) is 12.6. The van der Waals surface area contributed by atoms with E-state index in [2.05, 4.69) is 15.0 Å². The Hall–Kier alpha value is -2.24. The number of halogens is 2. The van der Waals surface area contributed by atoms with E-state index in [0.717, 1.165) is 34.6 Å². The number of aromatic nitrogens is 1. The molecule has 1 aromatic heterocycles. The predicted molar refractivity (Wildman–Crippen MR) is 128 cm³/mol. The lowest BCUT2D eigenvalue weighted by atomic mass is 9.91. The Morgan fingerprint density at radius 3 is 2.59 bits per heavy atom. The molecule has 3 rings (SSSR count). The SMILES string of the molecule is C[C@@H](N)[C@H](CNc1cc(F)c(S(=O)(=O)Nc2nccs2)cc1Cl)Cc1ccccc1CN. The zero-order valence-electron chi connectivity index (χ0n) is 17.4. The Labute approximate surface area is 196 Å². The molecule has 1 heterocycles. The summed E-state index contributed by atoms with van der Waals surface area (Å²) in [5.41, 5.74) is 14.5. The molecule has 0 amide bonds. The van der Waals surface area contributed by atoms with Crippen LogP contribution < -0.4 is 21.5 Å². The van der Waals surface area contributed by atoms with Crippen LogP contribution in [0, 0.1) is 11.7 Å². The van der Waals surface area contributed by atoms with Crippen LogP contribution >= 0.6 is 22.9 Å². The van der Waals surface area contributed by atoms with Crippen molar-refractivity contribution in [2.45, 2.75) is 30.8 Å². The van der Waals surface area contributed by atoms with Gasteiger partial charge < -0.3 is 16.8 Å². The number of nitrogens with zero attached hydrogens (tertiary/aromatic N) is 1. The van der Waals surface area contributed by atoms with Crippen LogP contribution in [0.4, 0.5) is 15.2 Å². The average molecular weight is 498 g/mol. The average Bonchev–Trinajstić information content (AvgIpc) is 3.25. The van der Waals surface area contributed by atoms with Crippen LogP contribution in [-0.2, 0) is 23.0 Å². The summed E-state index contributed by atoms with van der Waals surface area (Å²) in [6, 6.07) is 9.88. The van der Waals surface area contributed by atoms with Gasteiger partial charge in [-0.3, -0.25) is 4.72 Å². The van der Waals surface area contributed by atoms with E-state index in [-0.39, 0.29) is 27.8 Å². The summed E-state index contributed by atoms with van der Waals surface area (Å²) < 4.78 is 42.0. The van der Waals surface area contributed by atoms with Crippen molar-refractivity contribution >= 4 is 43.8 Å². The molecule has 3 aromatic rings. The van der Waals surface area contributed by atoms with Gasteiger partial charge in [0.2, 0.25) is 0 Å². The first kappa shape index (κ1) is 24.4. The van der Waals surface area contributed by atoms with Crippen LogP contribution in [0.1, 0.15) is 18.1 Å². The van der Waals surface area contributed by atoms with E-state index in [1.165, 1.54) is 6.20 Å². The minimum absolute atomic E-state index is 0.0109. The number of rotatable bonds is 10. The van der Waals surface area contributed by atoms with Gasteiger partial charge in [0.15, 0.2) is 5.13 Å². The van der Waals surface area contributed by atoms with Crippen molar-refractivity contribution in [3.05, 3.63) is 69.9 Å². The molecule has 7 nitrogen and oxygen atoms in total. The number of thiazole rings is 1. The van der Waals surface area contributed by atoms with Gasteiger partial charge in [0, 0.05) is 30.7 Å². The lowest BCUT2D eigenvalue weighted by Gasteiger charge is -2.23. The third-order valence-electron chi connectivity index (χ3n) is 5.08. The molecule has 0 bridgehead atoms. The number of sulfonamides is 1. The second kappa shape index (κ2) is 10.6. The highest BCUT2D eigenvalue weighted by atomic mass is 35.5. The van der Waals surface area contributed by atoms with Gasteiger partial charge in [-0.05, 0) is 42.5 Å². The summed E-state index contributed by atoms with van der Waals surface area (Å²) in [5.74, 6) is -0.913. The Morgan fingerprint density at radius 1 is 1.25 bits per heavy atom. The molecule has 0 unspecified atom stereocenters. The summed E-state index contributed by atoms with van der Waals surface area (Å²) in [6.07, 6.45) is 2.13. The molecule has 32 heavy (non-hydrogen) atoms. The van der Waals surface area contributed by atoms with Crippen LogP contribution in [-0.4, -0.2) is 26.0 Å². The second-order valence-electron chi connectivity index (χ2n) is 7.38. The lowest BCUT2D eigenvalue weighted by molar-refractivity contribution is 0.461. The topological polar surface area (TPSA) is 123 Å². The highest BCUT2D eigenvalue weighted by molar-refractivity contribution is 7.93. The van der Waals surface area contributed by atoms with Crippen molar-refractivity contribution in [2.24, 2.45) is 17.4 Å². The molecule has 0 radical (unpaired) electrons. The third kappa shape index (κ3) is 5.96. The van der Waals surface area contributed by atoms with Crippen LogP contribution in [0.15, 0.2) is 52.9 Å². The number of anilines is 2. The van der Waals surface area contributed by atoms with E-state index in [1.54, 1.807) is 5.38 Å². The highest BCUT2D eigenvalue weighted by Crippen LogP contribution is 2.30. The quantitative estimate of drug-likeness (QED) is 0.337. The van der Waals surface area contributed by atoms with Crippen molar-refractivity contribution < 1.29 is 12.8 Å². The fraction of sp³-hybridized carbons (Fsp3) is 0.286. The summed E-state index contributed by atoms with van der Waals surface area (Å²) >= 11 is 7.36. The number of nitrogens with one attached hydrogen (secondary N) is 2. The summed E-state index contributed by atoms with van der Waals surface area (Å²) in [6.45, 7) is 2.75. The van der Waals surface area contributed by atoms with E-state index in [0.29, 0.717) is 19.5 Å². The zero-order chi connectivity index (χ0) is 23.3. The number of hydrogen-bond donors (Lipinski definition) is 4. The van der Waals surface area contributed by atoms with Crippen LogP contribution in [0.25, 0.3) is 0 Å². The normalized spacial score (nSPS) is 13.5.